The third kappa shape index (κ3) is 5.89. The molecule has 2 aromatic carbocycles. The maximum Gasteiger partial charge on any atom is 0.239 e. The molecule has 126 valence electrons. The molecule has 4 heteroatoms. The Morgan fingerprint density at radius 3 is 1.92 bits per heavy atom. The monoisotopic (exact) mass is 339 g/mol. The first-order valence-corrected chi connectivity index (χ1v) is 9.91. The summed E-state index contributed by atoms with van der Waals surface area (Å²) in [5.74, 6) is 0. The van der Waals surface area contributed by atoms with Crippen molar-refractivity contribution < 1.29 is 9.22 Å². The Labute approximate surface area is 146 Å². The van der Waals surface area contributed by atoms with Crippen LogP contribution < -0.4 is 10.4 Å². The van der Waals surface area contributed by atoms with E-state index in [0.29, 0.717) is 6.61 Å². The third-order valence-electron chi connectivity index (χ3n) is 3.74. The predicted octanol–water partition coefficient (Wildman–Crippen LogP) is 2.68. The standard InChI is InChI=1S/C20H25NO2Si/c1-20(2,3)14-17(21-16-22)15-23-24(18-10-6-4-7-11-18)19-12-8-5-9-13-19/h4-13,17,24H,14-15H2,1-3H3. The van der Waals surface area contributed by atoms with Gasteiger partial charge in [0.05, 0.1) is 12.6 Å². The minimum Gasteiger partial charge on any atom is -0.409 e. The molecule has 0 heterocycles. The Morgan fingerprint density at radius 1 is 1.00 bits per heavy atom. The van der Waals surface area contributed by atoms with E-state index in [0.717, 1.165) is 6.42 Å². The second-order valence-corrected chi connectivity index (χ2v) is 9.60. The molecule has 0 fully saturated rings. The number of nitrogens with zero attached hydrogens (tertiary/aromatic N) is 1. The summed E-state index contributed by atoms with van der Waals surface area (Å²) in [5, 5.41) is 2.46. The van der Waals surface area contributed by atoms with Crippen molar-refractivity contribution in [1.82, 2.24) is 0 Å². The van der Waals surface area contributed by atoms with Crippen LogP contribution in [0.2, 0.25) is 0 Å². The van der Waals surface area contributed by atoms with Crippen LogP contribution in [-0.4, -0.2) is 27.8 Å². The van der Waals surface area contributed by atoms with Crippen LogP contribution in [0.4, 0.5) is 0 Å². The maximum absolute atomic E-state index is 10.7. The zero-order valence-corrected chi connectivity index (χ0v) is 15.8. The Hall–Kier alpha value is -2.00. The van der Waals surface area contributed by atoms with Crippen LogP contribution in [0, 0.1) is 5.41 Å². The van der Waals surface area contributed by atoms with Gasteiger partial charge in [0, 0.05) is 0 Å². The molecule has 3 nitrogen and oxygen atoms in total. The number of rotatable bonds is 7. The Balaban J connectivity index is 2.18. The van der Waals surface area contributed by atoms with Crippen LogP contribution in [0.3, 0.4) is 0 Å². The lowest BCUT2D eigenvalue weighted by Crippen LogP contribution is -2.46. The van der Waals surface area contributed by atoms with Crippen LogP contribution in [0.15, 0.2) is 65.7 Å². The zero-order chi connectivity index (χ0) is 17.4. The van der Waals surface area contributed by atoms with Crippen LogP contribution in [-0.2, 0) is 9.22 Å². The summed E-state index contributed by atoms with van der Waals surface area (Å²) in [6.45, 7) is 6.88. The van der Waals surface area contributed by atoms with Gasteiger partial charge in [-0.3, -0.25) is 0 Å². The first-order valence-electron chi connectivity index (χ1n) is 8.28. The van der Waals surface area contributed by atoms with Gasteiger partial charge in [-0.15, -0.1) is 0 Å². The Morgan fingerprint density at radius 2 is 1.50 bits per heavy atom. The number of benzene rings is 2. The molecule has 0 saturated heterocycles. The van der Waals surface area contributed by atoms with E-state index < -0.39 is 9.04 Å². The van der Waals surface area contributed by atoms with Crippen molar-refractivity contribution in [2.45, 2.75) is 33.2 Å². The van der Waals surface area contributed by atoms with Crippen LogP contribution >= 0.6 is 0 Å². The highest BCUT2D eigenvalue weighted by molar-refractivity contribution is 6.80. The van der Waals surface area contributed by atoms with E-state index >= 15 is 0 Å². The SMILES string of the molecule is CC(C)(C)CC(CO[SiH](c1ccccc1)c1ccccc1)N=C=O. The van der Waals surface area contributed by atoms with Gasteiger partial charge in [-0.2, -0.15) is 0 Å². The summed E-state index contributed by atoms with van der Waals surface area (Å²) in [6, 6.07) is 20.5. The summed E-state index contributed by atoms with van der Waals surface area (Å²) < 4.78 is 6.34. The van der Waals surface area contributed by atoms with Crippen molar-refractivity contribution in [3.63, 3.8) is 0 Å². The van der Waals surface area contributed by atoms with Crippen molar-refractivity contribution in [3.05, 3.63) is 60.7 Å². The minimum absolute atomic E-state index is 0.0882. The number of hydrogen-bond donors (Lipinski definition) is 0. The topological polar surface area (TPSA) is 38.7 Å². The van der Waals surface area contributed by atoms with E-state index in [1.807, 2.05) is 36.4 Å². The quantitative estimate of drug-likeness (QED) is 0.442. The maximum atomic E-state index is 10.7. The van der Waals surface area contributed by atoms with Crippen molar-refractivity contribution in [1.29, 1.82) is 0 Å². The Bertz CT molecular complexity index is 622. The lowest BCUT2D eigenvalue weighted by atomic mass is 9.88. The van der Waals surface area contributed by atoms with Gasteiger partial charge in [0.1, 0.15) is 0 Å². The summed E-state index contributed by atoms with van der Waals surface area (Å²) in [6.07, 6.45) is 2.50. The number of carbonyl (C=O) groups excluding carboxylic acids is 1. The molecule has 0 aliphatic carbocycles. The highest BCUT2D eigenvalue weighted by Gasteiger charge is 2.22. The average Bonchev–Trinajstić information content (AvgIpc) is 2.56. The fraction of sp³-hybridized carbons (Fsp3) is 0.350. The molecule has 2 aromatic rings. The summed E-state index contributed by atoms with van der Waals surface area (Å²) in [4.78, 5) is 14.7. The number of hydrogen-bond acceptors (Lipinski definition) is 3. The summed E-state index contributed by atoms with van der Waals surface area (Å²) in [5.41, 5.74) is 0.0882. The largest absolute Gasteiger partial charge is 0.409 e. The van der Waals surface area contributed by atoms with E-state index in [1.165, 1.54) is 10.4 Å². The normalized spacial score (nSPS) is 12.7. The van der Waals surface area contributed by atoms with Gasteiger partial charge in [0.25, 0.3) is 0 Å². The molecule has 0 aromatic heterocycles. The smallest absolute Gasteiger partial charge is 0.239 e. The second kappa shape index (κ2) is 8.74. The van der Waals surface area contributed by atoms with Crippen molar-refractivity contribution in [2.75, 3.05) is 6.61 Å². The summed E-state index contributed by atoms with van der Waals surface area (Å²) in [7, 11) is -1.79. The average molecular weight is 340 g/mol. The fourth-order valence-corrected chi connectivity index (χ4v) is 5.10. The van der Waals surface area contributed by atoms with E-state index in [9.17, 15) is 4.79 Å². The van der Waals surface area contributed by atoms with Crippen LogP contribution in [0.5, 0.6) is 0 Å². The van der Waals surface area contributed by atoms with Gasteiger partial charge in [-0.1, -0.05) is 81.4 Å². The molecule has 0 aliphatic heterocycles. The molecule has 0 spiro atoms. The van der Waals surface area contributed by atoms with E-state index in [2.05, 4.69) is 50.0 Å². The van der Waals surface area contributed by atoms with Crippen molar-refractivity contribution in [2.24, 2.45) is 10.4 Å². The van der Waals surface area contributed by atoms with Gasteiger partial charge in [-0.05, 0) is 22.2 Å². The van der Waals surface area contributed by atoms with Crippen molar-refractivity contribution >= 4 is 25.5 Å². The molecule has 0 bridgehead atoms. The minimum atomic E-state index is -1.79. The molecular formula is C20H25NO2Si. The van der Waals surface area contributed by atoms with Crippen LogP contribution in [0.1, 0.15) is 27.2 Å². The second-order valence-electron chi connectivity index (χ2n) is 7.17. The Kier molecular flexibility index (Phi) is 6.68. The molecule has 0 amide bonds. The molecule has 24 heavy (non-hydrogen) atoms. The number of aliphatic imine (C=N–C) groups is 1. The van der Waals surface area contributed by atoms with E-state index in [1.54, 1.807) is 6.08 Å². The first-order chi connectivity index (χ1) is 11.5. The molecule has 1 unspecified atom stereocenters. The van der Waals surface area contributed by atoms with Gasteiger partial charge < -0.3 is 4.43 Å². The molecule has 0 saturated carbocycles. The highest BCUT2D eigenvalue weighted by Crippen LogP contribution is 2.22. The molecule has 1 atom stereocenters. The van der Waals surface area contributed by atoms with E-state index in [-0.39, 0.29) is 11.5 Å². The first kappa shape index (κ1) is 18.3. The molecular weight excluding hydrogens is 314 g/mol. The molecule has 0 radical (unpaired) electrons. The van der Waals surface area contributed by atoms with Crippen LogP contribution in [0.25, 0.3) is 0 Å². The van der Waals surface area contributed by atoms with Crippen molar-refractivity contribution in [3.8, 4) is 0 Å². The lowest BCUT2D eigenvalue weighted by Gasteiger charge is -2.24. The highest BCUT2D eigenvalue weighted by atomic mass is 28.3. The third-order valence-corrected chi connectivity index (χ3v) is 6.25. The fourth-order valence-electron chi connectivity index (χ4n) is 2.77. The van der Waals surface area contributed by atoms with E-state index in [4.69, 9.17) is 4.43 Å². The number of isocyanates is 1. The molecule has 0 aliphatic rings. The molecule has 0 N–H and O–H groups in total. The summed E-state index contributed by atoms with van der Waals surface area (Å²) >= 11 is 0. The van der Waals surface area contributed by atoms with Gasteiger partial charge >= 0.3 is 0 Å². The predicted molar refractivity (Wildman–Crippen MR) is 101 cm³/mol. The molecule has 2 rings (SSSR count). The lowest BCUT2D eigenvalue weighted by molar-refractivity contribution is 0.248. The van der Waals surface area contributed by atoms with Gasteiger partial charge in [-0.25, -0.2) is 9.79 Å². The van der Waals surface area contributed by atoms with Gasteiger partial charge in [0.15, 0.2) is 0 Å². The zero-order valence-electron chi connectivity index (χ0n) is 14.6. The van der Waals surface area contributed by atoms with Gasteiger partial charge in [0.2, 0.25) is 15.1 Å².